The Labute approximate surface area is 133 Å². The zero-order valence-corrected chi connectivity index (χ0v) is 13.2. The van der Waals surface area contributed by atoms with Gasteiger partial charge in [-0.3, -0.25) is 4.90 Å². The average Bonchev–Trinajstić information content (AvgIpc) is 3.06. The van der Waals surface area contributed by atoms with Crippen molar-refractivity contribution in [3.05, 3.63) is 52.2 Å². The van der Waals surface area contributed by atoms with Gasteiger partial charge in [-0.25, -0.2) is 9.37 Å². The normalized spacial score (nSPS) is 17.5. The summed E-state index contributed by atoms with van der Waals surface area (Å²) >= 11 is 1.60. The van der Waals surface area contributed by atoms with E-state index in [9.17, 15) is 4.39 Å². The van der Waals surface area contributed by atoms with Gasteiger partial charge in [-0.1, -0.05) is 12.1 Å². The molecule has 0 radical (unpaired) electrons. The van der Waals surface area contributed by atoms with Crippen LogP contribution in [0.2, 0.25) is 0 Å². The first-order chi connectivity index (χ1) is 10.8. The van der Waals surface area contributed by atoms with E-state index in [0.717, 1.165) is 50.7 Å². The molecule has 1 aromatic heterocycles. The van der Waals surface area contributed by atoms with Crippen LogP contribution in [0.4, 0.5) is 4.39 Å². The Bertz CT molecular complexity index is 573. The number of nitrogens with zero attached hydrogens (tertiary/aromatic N) is 2. The van der Waals surface area contributed by atoms with Crippen molar-refractivity contribution in [1.82, 2.24) is 15.2 Å². The molecule has 0 spiro atoms. The highest BCUT2D eigenvalue weighted by Gasteiger charge is 2.22. The predicted molar refractivity (Wildman–Crippen MR) is 85.4 cm³/mol. The molecule has 0 saturated carbocycles. The number of aromatic nitrogens is 1. The molecule has 2 heterocycles. The fourth-order valence-corrected chi connectivity index (χ4v) is 3.28. The lowest BCUT2D eigenvalue weighted by atomic mass is 10.0. The Hall–Kier alpha value is -1.34. The summed E-state index contributed by atoms with van der Waals surface area (Å²) in [6.45, 7) is 4.72. The average molecular weight is 321 g/mol. The number of rotatable bonds is 6. The molecule has 1 aliphatic heterocycles. The Kier molecular flexibility index (Phi) is 5.50. The standard InChI is InChI=1S/C16H20FN3OS/c17-14-3-1-2-13(8-14)16(20-4-6-21-7-5-20)10-18-9-15-11-22-12-19-15/h1-3,8,11-12,16,18H,4-7,9-10H2. The molecule has 1 fully saturated rings. The molecule has 1 atom stereocenters. The maximum absolute atomic E-state index is 13.6. The third-order valence-electron chi connectivity index (χ3n) is 3.85. The van der Waals surface area contributed by atoms with Gasteiger partial charge in [-0.15, -0.1) is 11.3 Å². The number of halogens is 1. The van der Waals surface area contributed by atoms with Crippen LogP contribution in [0.1, 0.15) is 17.3 Å². The van der Waals surface area contributed by atoms with Crippen molar-refractivity contribution in [2.24, 2.45) is 0 Å². The van der Waals surface area contributed by atoms with Gasteiger partial charge in [0.2, 0.25) is 0 Å². The Balaban J connectivity index is 1.67. The molecule has 4 nitrogen and oxygen atoms in total. The van der Waals surface area contributed by atoms with E-state index < -0.39 is 0 Å². The van der Waals surface area contributed by atoms with Crippen LogP contribution in [0.15, 0.2) is 35.2 Å². The van der Waals surface area contributed by atoms with Gasteiger partial charge in [0.15, 0.2) is 0 Å². The number of hydrogen-bond donors (Lipinski definition) is 1. The third-order valence-corrected chi connectivity index (χ3v) is 4.48. The third kappa shape index (κ3) is 4.10. The molecule has 3 rings (SSSR count). The largest absolute Gasteiger partial charge is 0.379 e. The fraction of sp³-hybridized carbons (Fsp3) is 0.438. The predicted octanol–water partition coefficient (Wildman–Crippen LogP) is 2.45. The van der Waals surface area contributed by atoms with E-state index in [1.54, 1.807) is 23.5 Å². The van der Waals surface area contributed by atoms with Gasteiger partial charge in [-0.05, 0) is 17.7 Å². The maximum Gasteiger partial charge on any atom is 0.123 e. The quantitative estimate of drug-likeness (QED) is 0.887. The van der Waals surface area contributed by atoms with E-state index in [4.69, 9.17) is 4.74 Å². The molecule has 118 valence electrons. The second kappa shape index (κ2) is 7.78. The minimum Gasteiger partial charge on any atom is -0.379 e. The van der Waals surface area contributed by atoms with Crippen LogP contribution in [-0.4, -0.2) is 42.7 Å². The summed E-state index contributed by atoms with van der Waals surface area (Å²) in [5, 5.41) is 5.48. The van der Waals surface area contributed by atoms with Gasteiger partial charge in [-0.2, -0.15) is 0 Å². The lowest BCUT2D eigenvalue weighted by Crippen LogP contribution is -2.42. The van der Waals surface area contributed by atoms with Gasteiger partial charge < -0.3 is 10.1 Å². The highest BCUT2D eigenvalue weighted by molar-refractivity contribution is 7.07. The van der Waals surface area contributed by atoms with Crippen molar-refractivity contribution in [3.63, 3.8) is 0 Å². The molecule has 1 aromatic carbocycles. The highest BCUT2D eigenvalue weighted by atomic mass is 32.1. The van der Waals surface area contributed by atoms with Gasteiger partial charge in [0.25, 0.3) is 0 Å². The smallest absolute Gasteiger partial charge is 0.123 e. The molecule has 0 aliphatic carbocycles. The molecular formula is C16H20FN3OS. The fourth-order valence-electron chi connectivity index (χ4n) is 2.72. The number of nitrogens with one attached hydrogen (secondary N) is 1. The Morgan fingerprint density at radius 2 is 2.23 bits per heavy atom. The van der Waals surface area contributed by atoms with Crippen LogP contribution in [0.3, 0.4) is 0 Å². The second-order valence-corrected chi connectivity index (χ2v) is 6.05. The summed E-state index contributed by atoms with van der Waals surface area (Å²) in [6, 6.07) is 7.04. The minimum atomic E-state index is -0.185. The first-order valence-electron chi connectivity index (χ1n) is 7.48. The Morgan fingerprint density at radius 3 is 2.95 bits per heavy atom. The summed E-state index contributed by atoms with van der Waals surface area (Å²) < 4.78 is 19.0. The molecule has 22 heavy (non-hydrogen) atoms. The molecular weight excluding hydrogens is 301 g/mol. The topological polar surface area (TPSA) is 37.4 Å². The monoisotopic (exact) mass is 321 g/mol. The number of benzene rings is 1. The maximum atomic E-state index is 13.6. The summed E-state index contributed by atoms with van der Waals surface area (Å²) in [4.78, 5) is 6.63. The number of morpholine rings is 1. The van der Waals surface area contributed by atoms with E-state index in [2.05, 4.69) is 15.2 Å². The summed E-state index contributed by atoms with van der Waals surface area (Å²) in [6.07, 6.45) is 0. The van der Waals surface area contributed by atoms with Crippen molar-refractivity contribution >= 4 is 11.3 Å². The molecule has 0 amide bonds. The summed E-state index contributed by atoms with van der Waals surface area (Å²) in [7, 11) is 0. The zero-order valence-electron chi connectivity index (χ0n) is 12.4. The first kappa shape index (κ1) is 15.6. The summed E-state index contributed by atoms with van der Waals surface area (Å²) in [5.74, 6) is -0.185. The number of ether oxygens (including phenoxy) is 1. The molecule has 1 saturated heterocycles. The second-order valence-electron chi connectivity index (χ2n) is 5.33. The van der Waals surface area contributed by atoms with E-state index in [1.807, 2.05) is 17.0 Å². The number of hydrogen-bond acceptors (Lipinski definition) is 5. The highest BCUT2D eigenvalue weighted by Crippen LogP contribution is 2.22. The van der Waals surface area contributed by atoms with Crippen LogP contribution in [0, 0.1) is 5.82 Å². The van der Waals surface area contributed by atoms with Gasteiger partial charge in [0, 0.05) is 37.6 Å². The van der Waals surface area contributed by atoms with E-state index in [-0.39, 0.29) is 11.9 Å². The molecule has 1 aliphatic rings. The number of thiazole rings is 1. The van der Waals surface area contributed by atoms with E-state index >= 15 is 0 Å². The van der Waals surface area contributed by atoms with Gasteiger partial charge >= 0.3 is 0 Å². The van der Waals surface area contributed by atoms with E-state index in [0.29, 0.717) is 0 Å². The summed E-state index contributed by atoms with van der Waals surface area (Å²) in [5.41, 5.74) is 3.89. The minimum absolute atomic E-state index is 0.151. The lowest BCUT2D eigenvalue weighted by molar-refractivity contribution is 0.0160. The van der Waals surface area contributed by atoms with Crippen molar-refractivity contribution in [2.75, 3.05) is 32.8 Å². The van der Waals surface area contributed by atoms with Gasteiger partial charge in [0.1, 0.15) is 5.82 Å². The van der Waals surface area contributed by atoms with Crippen LogP contribution < -0.4 is 5.32 Å². The van der Waals surface area contributed by atoms with E-state index in [1.165, 1.54) is 6.07 Å². The van der Waals surface area contributed by atoms with Crippen molar-refractivity contribution in [3.8, 4) is 0 Å². The SMILES string of the molecule is Fc1cccc(C(CNCc2cscn2)N2CCOCC2)c1. The van der Waals surface area contributed by atoms with Crippen molar-refractivity contribution in [2.45, 2.75) is 12.6 Å². The van der Waals surface area contributed by atoms with Crippen LogP contribution in [0.25, 0.3) is 0 Å². The zero-order chi connectivity index (χ0) is 15.2. The molecule has 0 bridgehead atoms. The van der Waals surface area contributed by atoms with Crippen molar-refractivity contribution in [1.29, 1.82) is 0 Å². The van der Waals surface area contributed by atoms with Gasteiger partial charge in [0.05, 0.1) is 24.4 Å². The first-order valence-corrected chi connectivity index (χ1v) is 8.42. The van der Waals surface area contributed by atoms with Crippen LogP contribution in [0.5, 0.6) is 0 Å². The Morgan fingerprint density at radius 1 is 1.36 bits per heavy atom. The molecule has 6 heteroatoms. The molecule has 2 aromatic rings. The lowest BCUT2D eigenvalue weighted by Gasteiger charge is -2.35. The molecule has 1 unspecified atom stereocenters. The van der Waals surface area contributed by atoms with Crippen LogP contribution >= 0.6 is 11.3 Å². The van der Waals surface area contributed by atoms with Crippen molar-refractivity contribution < 1.29 is 9.13 Å². The van der Waals surface area contributed by atoms with Crippen LogP contribution in [-0.2, 0) is 11.3 Å². The molecule has 1 N–H and O–H groups in total.